The molecule has 0 bridgehead atoms. The average molecular weight is 345 g/mol. The number of rotatable bonds is 3. The van der Waals surface area contributed by atoms with Gasteiger partial charge in [-0.1, -0.05) is 12.1 Å². The molecular weight excluding hydrogens is 325 g/mol. The molecular formula is C18H20FN3O3. The van der Waals surface area contributed by atoms with Gasteiger partial charge < -0.3 is 10.0 Å². The lowest BCUT2D eigenvalue weighted by atomic mass is 10.1. The number of aliphatic carboxylic acids is 1. The first-order valence-electron chi connectivity index (χ1n) is 8.07. The largest absolute Gasteiger partial charge is 0.479 e. The molecule has 7 heteroatoms. The maximum atomic E-state index is 14.2. The molecule has 0 spiro atoms. The summed E-state index contributed by atoms with van der Waals surface area (Å²) in [4.78, 5) is 25.0. The third-order valence-corrected chi connectivity index (χ3v) is 4.72. The van der Waals surface area contributed by atoms with Crippen LogP contribution in [0.1, 0.15) is 33.6 Å². The molecule has 0 radical (unpaired) electrons. The van der Waals surface area contributed by atoms with Gasteiger partial charge in [-0.2, -0.15) is 5.10 Å². The second-order valence-electron chi connectivity index (χ2n) is 6.59. The van der Waals surface area contributed by atoms with E-state index in [1.807, 2.05) is 32.0 Å². The molecule has 1 aliphatic heterocycles. The Morgan fingerprint density at radius 3 is 2.64 bits per heavy atom. The van der Waals surface area contributed by atoms with E-state index in [0.29, 0.717) is 11.3 Å². The summed E-state index contributed by atoms with van der Waals surface area (Å²) in [6.45, 7) is 5.36. The van der Waals surface area contributed by atoms with Crippen molar-refractivity contribution in [1.29, 1.82) is 0 Å². The predicted molar refractivity (Wildman–Crippen MR) is 89.8 cm³/mol. The number of benzene rings is 1. The lowest BCUT2D eigenvalue weighted by Gasteiger charge is -2.17. The van der Waals surface area contributed by atoms with Crippen LogP contribution in [-0.4, -0.2) is 50.4 Å². The zero-order chi connectivity index (χ0) is 18.4. The van der Waals surface area contributed by atoms with E-state index in [0.717, 1.165) is 16.8 Å². The summed E-state index contributed by atoms with van der Waals surface area (Å²) in [5.74, 6) is -1.92. The van der Waals surface area contributed by atoms with Gasteiger partial charge in [0.1, 0.15) is 0 Å². The Balaban J connectivity index is 1.90. The number of carbonyl (C=O) groups is 2. The molecule has 6 nitrogen and oxygen atoms in total. The first-order chi connectivity index (χ1) is 11.7. The molecule has 1 amide bonds. The topological polar surface area (TPSA) is 75.4 Å². The minimum absolute atomic E-state index is 0.0791. The number of aromatic nitrogens is 2. The van der Waals surface area contributed by atoms with Crippen LogP contribution in [0.3, 0.4) is 0 Å². The highest BCUT2D eigenvalue weighted by molar-refractivity contribution is 5.96. The van der Waals surface area contributed by atoms with E-state index in [2.05, 4.69) is 5.10 Å². The van der Waals surface area contributed by atoms with E-state index in [-0.39, 0.29) is 13.0 Å². The second-order valence-corrected chi connectivity index (χ2v) is 6.59. The molecule has 1 aliphatic rings. The highest BCUT2D eigenvalue weighted by atomic mass is 19.1. The fourth-order valence-corrected chi connectivity index (χ4v) is 3.10. The van der Waals surface area contributed by atoms with Gasteiger partial charge in [-0.3, -0.25) is 4.79 Å². The van der Waals surface area contributed by atoms with Crippen molar-refractivity contribution < 1.29 is 19.1 Å². The van der Waals surface area contributed by atoms with Gasteiger partial charge in [-0.05, 0) is 38.0 Å². The van der Waals surface area contributed by atoms with Crippen LogP contribution in [0, 0.1) is 20.8 Å². The molecule has 1 aromatic carbocycles. The standard InChI is InChI=1S/C18H20FN3O3/c1-11-4-5-12(2)15(8-11)22-13(3)14(9-20-22)16(23)21-7-6-18(19,10-21)17(24)25/h4-5,8-9H,6-7,10H2,1-3H3,(H,24,25)/t18-/m1/s1. The van der Waals surface area contributed by atoms with Crippen LogP contribution >= 0.6 is 0 Å². The Morgan fingerprint density at radius 1 is 1.28 bits per heavy atom. The molecule has 0 unspecified atom stereocenters. The molecule has 1 saturated heterocycles. The maximum absolute atomic E-state index is 14.2. The summed E-state index contributed by atoms with van der Waals surface area (Å²) in [7, 11) is 0. The number of halogens is 1. The van der Waals surface area contributed by atoms with Gasteiger partial charge in [0.05, 0.1) is 29.7 Å². The van der Waals surface area contributed by atoms with E-state index in [1.165, 1.54) is 11.1 Å². The number of carbonyl (C=O) groups excluding carboxylic acids is 1. The number of hydrogen-bond acceptors (Lipinski definition) is 3. The Hall–Kier alpha value is -2.70. The van der Waals surface area contributed by atoms with Gasteiger partial charge in [0.25, 0.3) is 5.91 Å². The second kappa shape index (κ2) is 5.98. The summed E-state index contributed by atoms with van der Waals surface area (Å²) in [6.07, 6.45) is 1.26. The molecule has 132 valence electrons. The van der Waals surface area contributed by atoms with Crippen molar-refractivity contribution in [3.05, 3.63) is 46.8 Å². The van der Waals surface area contributed by atoms with Crippen molar-refractivity contribution in [3.8, 4) is 5.69 Å². The van der Waals surface area contributed by atoms with E-state index >= 15 is 0 Å². The summed E-state index contributed by atoms with van der Waals surface area (Å²) < 4.78 is 15.9. The first-order valence-corrected chi connectivity index (χ1v) is 8.07. The van der Waals surface area contributed by atoms with Crippen molar-refractivity contribution in [2.75, 3.05) is 13.1 Å². The van der Waals surface area contributed by atoms with Crippen LogP contribution in [0.15, 0.2) is 24.4 Å². The molecule has 2 aromatic rings. The third kappa shape index (κ3) is 2.90. The number of hydrogen-bond donors (Lipinski definition) is 1. The van der Waals surface area contributed by atoms with E-state index in [4.69, 9.17) is 5.11 Å². The fraction of sp³-hybridized carbons (Fsp3) is 0.389. The van der Waals surface area contributed by atoms with Crippen LogP contribution in [0.2, 0.25) is 0 Å². The van der Waals surface area contributed by atoms with Crippen LogP contribution < -0.4 is 0 Å². The van der Waals surface area contributed by atoms with Gasteiger partial charge in [-0.15, -0.1) is 0 Å². The zero-order valence-electron chi connectivity index (χ0n) is 14.4. The highest BCUT2D eigenvalue weighted by Crippen LogP contribution is 2.28. The highest BCUT2D eigenvalue weighted by Gasteiger charge is 2.47. The minimum atomic E-state index is -2.37. The monoisotopic (exact) mass is 345 g/mol. The number of likely N-dealkylation sites (tertiary alicyclic amines) is 1. The molecule has 0 aliphatic carbocycles. The summed E-state index contributed by atoms with van der Waals surface area (Å²) in [6, 6.07) is 5.97. The van der Waals surface area contributed by atoms with Crippen molar-refractivity contribution in [2.24, 2.45) is 0 Å². The van der Waals surface area contributed by atoms with Crippen molar-refractivity contribution in [2.45, 2.75) is 32.9 Å². The lowest BCUT2D eigenvalue weighted by molar-refractivity contribution is -0.149. The van der Waals surface area contributed by atoms with Gasteiger partial charge in [-0.25, -0.2) is 13.9 Å². The molecule has 1 aromatic heterocycles. The SMILES string of the molecule is Cc1ccc(C)c(-n2ncc(C(=O)N3CC[C@](F)(C(=O)O)C3)c2C)c1. The normalized spacial score (nSPS) is 20.1. The van der Waals surface area contributed by atoms with Crippen molar-refractivity contribution in [3.63, 3.8) is 0 Å². The Labute approximate surface area is 144 Å². The van der Waals surface area contributed by atoms with Crippen LogP contribution in [0.4, 0.5) is 4.39 Å². The number of nitrogens with zero attached hydrogens (tertiary/aromatic N) is 3. The Kier molecular flexibility index (Phi) is 4.10. The zero-order valence-corrected chi connectivity index (χ0v) is 14.4. The fourth-order valence-electron chi connectivity index (χ4n) is 3.10. The lowest BCUT2D eigenvalue weighted by Crippen LogP contribution is -2.39. The number of amides is 1. The van der Waals surface area contributed by atoms with Crippen LogP contribution in [0.5, 0.6) is 0 Å². The van der Waals surface area contributed by atoms with Crippen LogP contribution in [0.25, 0.3) is 5.69 Å². The average Bonchev–Trinajstić information content (AvgIpc) is 3.14. The van der Waals surface area contributed by atoms with Gasteiger partial charge in [0, 0.05) is 13.0 Å². The summed E-state index contributed by atoms with van der Waals surface area (Å²) >= 11 is 0. The number of alkyl halides is 1. The summed E-state index contributed by atoms with van der Waals surface area (Å²) in [5, 5.41) is 13.3. The number of carboxylic acids is 1. The number of aryl methyl sites for hydroxylation is 2. The first kappa shape index (κ1) is 17.1. The molecule has 25 heavy (non-hydrogen) atoms. The number of carboxylic acid groups (broad SMARTS) is 1. The molecule has 1 fully saturated rings. The van der Waals surface area contributed by atoms with Crippen LogP contribution in [-0.2, 0) is 4.79 Å². The Morgan fingerprint density at radius 2 is 2.00 bits per heavy atom. The van der Waals surface area contributed by atoms with Gasteiger partial charge >= 0.3 is 5.97 Å². The van der Waals surface area contributed by atoms with Gasteiger partial charge in [0.2, 0.25) is 5.67 Å². The molecule has 1 N–H and O–H groups in total. The predicted octanol–water partition coefficient (Wildman–Crippen LogP) is 2.44. The molecule has 0 saturated carbocycles. The Bertz CT molecular complexity index is 861. The molecule has 3 rings (SSSR count). The van der Waals surface area contributed by atoms with E-state index in [9.17, 15) is 14.0 Å². The minimum Gasteiger partial charge on any atom is -0.479 e. The van der Waals surface area contributed by atoms with Crippen molar-refractivity contribution in [1.82, 2.24) is 14.7 Å². The van der Waals surface area contributed by atoms with E-state index in [1.54, 1.807) is 11.6 Å². The quantitative estimate of drug-likeness (QED) is 0.927. The third-order valence-electron chi connectivity index (χ3n) is 4.72. The van der Waals surface area contributed by atoms with E-state index < -0.39 is 24.1 Å². The van der Waals surface area contributed by atoms with Crippen molar-refractivity contribution >= 4 is 11.9 Å². The molecule has 2 heterocycles. The summed E-state index contributed by atoms with van der Waals surface area (Å²) in [5.41, 5.74) is 1.61. The maximum Gasteiger partial charge on any atom is 0.343 e. The molecule has 1 atom stereocenters. The smallest absolute Gasteiger partial charge is 0.343 e. The van der Waals surface area contributed by atoms with Gasteiger partial charge in [0.15, 0.2) is 0 Å².